The average Bonchev–Trinajstić information content (AvgIpc) is 2.66. The maximum atomic E-state index is 12.5. The van der Waals surface area contributed by atoms with Gasteiger partial charge in [0.05, 0.1) is 19.1 Å². The van der Waals surface area contributed by atoms with E-state index in [-0.39, 0.29) is 24.8 Å². The fraction of sp³-hybridized carbons (Fsp3) is 0.300. The Balaban J connectivity index is 2.16. The summed E-state index contributed by atoms with van der Waals surface area (Å²) in [6.45, 7) is 2.61. The van der Waals surface area contributed by atoms with Crippen molar-refractivity contribution in [3.63, 3.8) is 0 Å². The zero-order valence-corrected chi connectivity index (χ0v) is 14.4. The van der Waals surface area contributed by atoms with E-state index in [2.05, 4.69) is 5.32 Å². The molecule has 0 spiro atoms. The van der Waals surface area contributed by atoms with Crippen molar-refractivity contribution in [1.82, 2.24) is 10.2 Å². The molecule has 0 radical (unpaired) electrons. The smallest absolute Gasteiger partial charge is 0.251 e. The molecular weight excluding hydrogens is 316 g/mol. The number of benzene rings is 2. The van der Waals surface area contributed by atoms with Gasteiger partial charge in [0.1, 0.15) is 0 Å². The lowest BCUT2D eigenvalue weighted by Gasteiger charge is -2.24. The van der Waals surface area contributed by atoms with E-state index in [1.807, 2.05) is 43.3 Å². The second-order valence-corrected chi connectivity index (χ2v) is 5.70. The summed E-state index contributed by atoms with van der Waals surface area (Å²) in [6.07, 6.45) is 0.149. The summed E-state index contributed by atoms with van der Waals surface area (Å²) >= 11 is 0. The van der Waals surface area contributed by atoms with Crippen molar-refractivity contribution < 1.29 is 14.7 Å². The number of hydrogen-bond acceptors (Lipinski definition) is 3. The SMILES string of the molecule is CCN(CCO)C(=O)CC(NC(=O)c1ccccc1)c1ccccc1. The van der Waals surface area contributed by atoms with Crippen molar-refractivity contribution in [3.8, 4) is 0 Å². The molecule has 0 aliphatic rings. The molecule has 25 heavy (non-hydrogen) atoms. The molecule has 1 atom stereocenters. The molecule has 0 aromatic heterocycles. The topological polar surface area (TPSA) is 69.6 Å². The summed E-state index contributed by atoms with van der Waals surface area (Å²) in [5, 5.41) is 12.1. The molecular formula is C20H24N2O3. The monoisotopic (exact) mass is 340 g/mol. The fourth-order valence-corrected chi connectivity index (χ4v) is 2.65. The van der Waals surface area contributed by atoms with Crippen LogP contribution in [0.3, 0.4) is 0 Å². The Morgan fingerprint density at radius 3 is 2.20 bits per heavy atom. The Hall–Kier alpha value is -2.66. The van der Waals surface area contributed by atoms with E-state index < -0.39 is 6.04 Å². The van der Waals surface area contributed by atoms with Crippen molar-refractivity contribution in [2.24, 2.45) is 0 Å². The third-order valence-corrected chi connectivity index (χ3v) is 4.03. The van der Waals surface area contributed by atoms with Crippen LogP contribution in [0.2, 0.25) is 0 Å². The lowest BCUT2D eigenvalue weighted by molar-refractivity contribution is -0.132. The van der Waals surface area contributed by atoms with Crippen molar-refractivity contribution >= 4 is 11.8 Å². The van der Waals surface area contributed by atoms with Crippen LogP contribution >= 0.6 is 0 Å². The third-order valence-electron chi connectivity index (χ3n) is 4.03. The Labute approximate surface area is 148 Å². The number of nitrogens with zero attached hydrogens (tertiary/aromatic N) is 1. The quantitative estimate of drug-likeness (QED) is 0.775. The highest BCUT2D eigenvalue weighted by Crippen LogP contribution is 2.19. The predicted molar refractivity (Wildman–Crippen MR) is 97.0 cm³/mol. The van der Waals surface area contributed by atoms with E-state index in [4.69, 9.17) is 5.11 Å². The molecule has 0 aliphatic heterocycles. The molecule has 0 heterocycles. The fourth-order valence-electron chi connectivity index (χ4n) is 2.65. The first kappa shape index (κ1) is 18.7. The molecule has 0 saturated heterocycles. The van der Waals surface area contributed by atoms with E-state index in [0.29, 0.717) is 18.7 Å². The molecule has 2 N–H and O–H groups in total. The minimum Gasteiger partial charge on any atom is -0.395 e. The normalized spacial score (nSPS) is 11.6. The van der Waals surface area contributed by atoms with Crippen LogP contribution in [0, 0.1) is 0 Å². The van der Waals surface area contributed by atoms with Crippen LogP contribution in [-0.4, -0.2) is 41.5 Å². The number of hydrogen-bond donors (Lipinski definition) is 2. The van der Waals surface area contributed by atoms with Crippen molar-refractivity contribution in [2.45, 2.75) is 19.4 Å². The average molecular weight is 340 g/mol. The molecule has 0 aliphatic carbocycles. The number of likely N-dealkylation sites (N-methyl/N-ethyl adjacent to an activating group) is 1. The summed E-state index contributed by atoms with van der Waals surface area (Å²) < 4.78 is 0. The second-order valence-electron chi connectivity index (χ2n) is 5.70. The first-order chi connectivity index (χ1) is 12.2. The number of amides is 2. The molecule has 2 aromatic carbocycles. The second kappa shape index (κ2) is 9.59. The first-order valence-corrected chi connectivity index (χ1v) is 8.45. The highest BCUT2D eigenvalue weighted by atomic mass is 16.3. The Morgan fingerprint density at radius 1 is 1.04 bits per heavy atom. The van der Waals surface area contributed by atoms with Gasteiger partial charge in [0.15, 0.2) is 0 Å². The van der Waals surface area contributed by atoms with Crippen molar-refractivity contribution in [2.75, 3.05) is 19.7 Å². The largest absolute Gasteiger partial charge is 0.395 e. The standard InChI is InChI=1S/C20H24N2O3/c1-2-22(13-14-23)19(24)15-18(16-9-5-3-6-10-16)21-20(25)17-11-7-4-8-12-17/h3-12,18,23H,2,13-15H2,1H3,(H,21,25). The van der Waals surface area contributed by atoms with Crippen LogP contribution in [0.4, 0.5) is 0 Å². The summed E-state index contributed by atoms with van der Waals surface area (Å²) in [7, 11) is 0. The maximum absolute atomic E-state index is 12.5. The zero-order valence-electron chi connectivity index (χ0n) is 14.4. The van der Waals surface area contributed by atoms with Gasteiger partial charge < -0.3 is 15.3 Å². The first-order valence-electron chi connectivity index (χ1n) is 8.45. The van der Waals surface area contributed by atoms with Gasteiger partial charge in [-0.3, -0.25) is 9.59 Å². The molecule has 0 fully saturated rings. The van der Waals surface area contributed by atoms with Crippen LogP contribution in [0.25, 0.3) is 0 Å². The summed E-state index contributed by atoms with van der Waals surface area (Å²) in [5.74, 6) is -0.314. The minimum atomic E-state index is -0.422. The molecule has 2 aromatic rings. The number of nitrogens with one attached hydrogen (secondary N) is 1. The van der Waals surface area contributed by atoms with Crippen molar-refractivity contribution in [3.05, 3.63) is 71.8 Å². The van der Waals surface area contributed by atoms with Gasteiger partial charge in [0, 0.05) is 18.7 Å². The van der Waals surface area contributed by atoms with E-state index in [0.717, 1.165) is 5.56 Å². The number of rotatable bonds is 8. The van der Waals surface area contributed by atoms with E-state index in [9.17, 15) is 9.59 Å². The van der Waals surface area contributed by atoms with Gasteiger partial charge in [-0.2, -0.15) is 0 Å². The number of carbonyl (C=O) groups excluding carboxylic acids is 2. The van der Waals surface area contributed by atoms with Crippen molar-refractivity contribution in [1.29, 1.82) is 0 Å². The molecule has 2 rings (SSSR count). The van der Waals surface area contributed by atoms with Gasteiger partial charge in [-0.05, 0) is 24.6 Å². The number of carbonyl (C=O) groups is 2. The molecule has 1 unspecified atom stereocenters. The lowest BCUT2D eigenvalue weighted by Crippen LogP contribution is -2.37. The summed E-state index contributed by atoms with van der Waals surface area (Å²) in [4.78, 5) is 26.6. The third kappa shape index (κ3) is 5.43. The van der Waals surface area contributed by atoms with Crippen LogP contribution in [0.1, 0.15) is 35.3 Å². The van der Waals surface area contributed by atoms with Crippen LogP contribution in [-0.2, 0) is 4.79 Å². The Kier molecular flexibility index (Phi) is 7.16. The van der Waals surface area contributed by atoms with Gasteiger partial charge in [0.2, 0.25) is 5.91 Å². The molecule has 5 heteroatoms. The summed E-state index contributed by atoms with van der Waals surface area (Å²) in [6, 6.07) is 18.0. The van der Waals surface area contributed by atoms with Gasteiger partial charge >= 0.3 is 0 Å². The highest BCUT2D eigenvalue weighted by molar-refractivity contribution is 5.94. The molecule has 5 nitrogen and oxygen atoms in total. The zero-order chi connectivity index (χ0) is 18.1. The van der Waals surface area contributed by atoms with Gasteiger partial charge in [-0.15, -0.1) is 0 Å². The predicted octanol–water partition coefficient (Wildman–Crippen LogP) is 2.39. The maximum Gasteiger partial charge on any atom is 0.251 e. The van der Waals surface area contributed by atoms with Crippen LogP contribution in [0.5, 0.6) is 0 Å². The highest BCUT2D eigenvalue weighted by Gasteiger charge is 2.21. The number of aliphatic hydroxyl groups is 1. The Morgan fingerprint density at radius 2 is 1.64 bits per heavy atom. The van der Waals surface area contributed by atoms with E-state index in [1.54, 1.807) is 29.2 Å². The molecule has 0 saturated carbocycles. The van der Waals surface area contributed by atoms with Gasteiger partial charge in [0.25, 0.3) is 5.91 Å². The van der Waals surface area contributed by atoms with Crippen LogP contribution in [0.15, 0.2) is 60.7 Å². The van der Waals surface area contributed by atoms with Crippen LogP contribution < -0.4 is 5.32 Å². The molecule has 2 amide bonds. The van der Waals surface area contributed by atoms with E-state index >= 15 is 0 Å². The number of aliphatic hydroxyl groups excluding tert-OH is 1. The minimum absolute atomic E-state index is 0.0774. The molecule has 0 bridgehead atoms. The lowest BCUT2D eigenvalue weighted by atomic mass is 10.0. The van der Waals surface area contributed by atoms with E-state index in [1.165, 1.54) is 0 Å². The molecule has 132 valence electrons. The van der Waals surface area contributed by atoms with Gasteiger partial charge in [-0.1, -0.05) is 48.5 Å². The van der Waals surface area contributed by atoms with Gasteiger partial charge in [-0.25, -0.2) is 0 Å². The summed E-state index contributed by atoms with van der Waals surface area (Å²) in [5.41, 5.74) is 1.43. The Bertz CT molecular complexity index is 674.